The molecular formula is C12H24N2O3. The van der Waals surface area contributed by atoms with E-state index >= 15 is 0 Å². The van der Waals surface area contributed by atoms with E-state index < -0.39 is 17.9 Å². The van der Waals surface area contributed by atoms with E-state index in [1.807, 2.05) is 27.7 Å². The van der Waals surface area contributed by atoms with Crippen molar-refractivity contribution in [2.75, 3.05) is 6.54 Å². The Balaban J connectivity index is 4.29. The average Bonchev–Trinajstić information content (AvgIpc) is 2.20. The maximum atomic E-state index is 11.4. The van der Waals surface area contributed by atoms with Crippen LogP contribution in [-0.2, 0) is 9.59 Å². The summed E-state index contributed by atoms with van der Waals surface area (Å²) in [7, 11) is 0. The zero-order valence-corrected chi connectivity index (χ0v) is 11.1. The van der Waals surface area contributed by atoms with Crippen LogP contribution in [0.15, 0.2) is 0 Å². The Kier molecular flexibility index (Phi) is 6.16. The molecule has 0 rings (SSSR count). The van der Waals surface area contributed by atoms with Crippen molar-refractivity contribution in [2.24, 2.45) is 17.1 Å². The Morgan fingerprint density at radius 2 is 1.88 bits per heavy atom. The lowest BCUT2D eigenvalue weighted by atomic mass is 9.84. The van der Waals surface area contributed by atoms with Crippen molar-refractivity contribution in [3.8, 4) is 0 Å². The summed E-state index contributed by atoms with van der Waals surface area (Å²) in [4.78, 5) is 22.5. The van der Waals surface area contributed by atoms with E-state index in [9.17, 15) is 9.59 Å². The van der Waals surface area contributed by atoms with E-state index in [4.69, 9.17) is 10.8 Å². The van der Waals surface area contributed by atoms with Gasteiger partial charge in [-0.3, -0.25) is 9.59 Å². The van der Waals surface area contributed by atoms with Crippen molar-refractivity contribution in [2.45, 2.75) is 46.6 Å². The molecule has 0 radical (unpaired) electrons. The molecule has 100 valence electrons. The summed E-state index contributed by atoms with van der Waals surface area (Å²) in [6.07, 6.45) is 1.06. The van der Waals surface area contributed by atoms with Crippen LogP contribution in [0.25, 0.3) is 0 Å². The highest BCUT2D eigenvalue weighted by Gasteiger charge is 2.25. The number of aliphatic carboxylic acids is 1. The summed E-state index contributed by atoms with van der Waals surface area (Å²) in [5.74, 6) is -1.74. The van der Waals surface area contributed by atoms with E-state index in [1.165, 1.54) is 0 Å². The van der Waals surface area contributed by atoms with Crippen molar-refractivity contribution in [1.82, 2.24) is 5.32 Å². The third-order valence-electron chi connectivity index (χ3n) is 2.51. The summed E-state index contributed by atoms with van der Waals surface area (Å²) >= 11 is 0. The second-order valence-electron chi connectivity index (χ2n) is 5.56. The average molecular weight is 244 g/mol. The van der Waals surface area contributed by atoms with Gasteiger partial charge in [-0.1, -0.05) is 27.7 Å². The summed E-state index contributed by atoms with van der Waals surface area (Å²) in [5, 5.41) is 11.7. The third kappa shape index (κ3) is 6.94. The largest absolute Gasteiger partial charge is 0.481 e. The van der Waals surface area contributed by atoms with Crippen LogP contribution in [0.4, 0.5) is 0 Å². The Morgan fingerprint density at radius 3 is 2.24 bits per heavy atom. The van der Waals surface area contributed by atoms with Crippen LogP contribution in [0.5, 0.6) is 0 Å². The summed E-state index contributed by atoms with van der Waals surface area (Å²) in [5.41, 5.74) is 5.46. The zero-order valence-electron chi connectivity index (χ0n) is 11.1. The fourth-order valence-electron chi connectivity index (χ4n) is 1.53. The molecule has 0 aromatic rings. The number of carbonyl (C=O) groups is 2. The van der Waals surface area contributed by atoms with Gasteiger partial charge in [0.25, 0.3) is 0 Å². The second kappa shape index (κ2) is 6.59. The fourth-order valence-corrected chi connectivity index (χ4v) is 1.53. The maximum Gasteiger partial charge on any atom is 0.308 e. The number of rotatable bonds is 6. The SMILES string of the molecule is CC[C@H](N)C(=O)NCC(CC(C)(C)C)C(=O)O. The van der Waals surface area contributed by atoms with Gasteiger partial charge in [-0.2, -0.15) is 0 Å². The zero-order chi connectivity index (χ0) is 13.6. The Morgan fingerprint density at radius 1 is 1.35 bits per heavy atom. The van der Waals surface area contributed by atoms with Gasteiger partial charge in [0, 0.05) is 6.54 Å². The molecule has 0 saturated carbocycles. The molecule has 0 heterocycles. The molecule has 0 bridgehead atoms. The monoisotopic (exact) mass is 244 g/mol. The number of amides is 1. The molecule has 4 N–H and O–H groups in total. The molecule has 0 saturated heterocycles. The standard InChI is InChI=1S/C12H24N2O3/c1-5-9(13)10(15)14-7-8(11(16)17)6-12(2,3)4/h8-9H,5-7,13H2,1-4H3,(H,14,15)(H,16,17)/t8?,9-/m0/s1. The molecule has 0 fully saturated rings. The highest BCUT2D eigenvalue weighted by Crippen LogP contribution is 2.24. The number of nitrogens with two attached hydrogens (primary N) is 1. The molecule has 2 atom stereocenters. The van der Waals surface area contributed by atoms with Crippen LogP contribution < -0.4 is 11.1 Å². The van der Waals surface area contributed by atoms with Crippen LogP contribution in [0.3, 0.4) is 0 Å². The minimum atomic E-state index is -0.884. The molecule has 0 aromatic carbocycles. The van der Waals surface area contributed by atoms with E-state index in [0.717, 1.165) is 0 Å². The molecule has 0 aliphatic carbocycles. The first-order valence-corrected chi connectivity index (χ1v) is 5.93. The lowest BCUT2D eigenvalue weighted by molar-refractivity contribution is -0.142. The Hall–Kier alpha value is -1.10. The van der Waals surface area contributed by atoms with Crippen LogP contribution >= 0.6 is 0 Å². The van der Waals surface area contributed by atoms with Gasteiger partial charge in [0.05, 0.1) is 12.0 Å². The van der Waals surface area contributed by atoms with E-state index in [2.05, 4.69) is 5.32 Å². The molecule has 5 nitrogen and oxygen atoms in total. The van der Waals surface area contributed by atoms with Gasteiger partial charge in [-0.05, 0) is 18.3 Å². The van der Waals surface area contributed by atoms with Gasteiger partial charge >= 0.3 is 5.97 Å². The van der Waals surface area contributed by atoms with E-state index in [1.54, 1.807) is 0 Å². The quantitative estimate of drug-likeness (QED) is 0.649. The number of nitrogens with one attached hydrogen (secondary N) is 1. The van der Waals surface area contributed by atoms with Crippen molar-refractivity contribution < 1.29 is 14.7 Å². The van der Waals surface area contributed by atoms with Crippen LogP contribution in [0.1, 0.15) is 40.5 Å². The van der Waals surface area contributed by atoms with Gasteiger partial charge in [-0.15, -0.1) is 0 Å². The van der Waals surface area contributed by atoms with Crippen molar-refractivity contribution >= 4 is 11.9 Å². The van der Waals surface area contributed by atoms with Crippen LogP contribution in [0, 0.1) is 11.3 Å². The van der Waals surface area contributed by atoms with Crippen molar-refractivity contribution in [3.05, 3.63) is 0 Å². The highest BCUT2D eigenvalue weighted by atomic mass is 16.4. The number of carboxylic acid groups (broad SMARTS) is 1. The van der Waals surface area contributed by atoms with Crippen molar-refractivity contribution in [1.29, 1.82) is 0 Å². The molecule has 0 aliphatic rings. The number of carboxylic acids is 1. The molecule has 1 amide bonds. The van der Waals surface area contributed by atoms with E-state index in [-0.39, 0.29) is 17.9 Å². The first-order valence-electron chi connectivity index (χ1n) is 5.93. The lowest BCUT2D eigenvalue weighted by Crippen LogP contribution is -2.43. The smallest absolute Gasteiger partial charge is 0.308 e. The molecule has 17 heavy (non-hydrogen) atoms. The van der Waals surface area contributed by atoms with Crippen LogP contribution in [-0.4, -0.2) is 29.6 Å². The summed E-state index contributed by atoms with van der Waals surface area (Å²) in [6.45, 7) is 7.88. The lowest BCUT2D eigenvalue weighted by Gasteiger charge is -2.23. The van der Waals surface area contributed by atoms with Crippen molar-refractivity contribution in [3.63, 3.8) is 0 Å². The predicted octanol–water partition coefficient (Wildman–Crippen LogP) is 0.977. The van der Waals surface area contributed by atoms with Gasteiger partial charge in [-0.25, -0.2) is 0 Å². The topological polar surface area (TPSA) is 92.4 Å². The first kappa shape index (κ1) is 15.9. The normalized spacial score (nSPS) is 15.1. The van der Waals surface area contributed by atoms with Gasteiger partial charge in [0.1, 0.15) is 0 Å². The Bertz CT molecular complexity index is 271. The number of carbonyl (C=O) groups excluding carboxylic acids is 1. The first-order chi connectivity index (χ1) is 7.67. The van der Waals surface area contributed by atoms with Gasteiger partial charge in [0.2, 0.25) is 5.91 Å². The third-order valence-corrected chi connectivity index (χ3v) is 2.51. The molecular weight excluding hydrogens is 220 g/mol. The minimum absolute atomic E-state index is 0.0827. The van der Waals surface area contributed by atoms with Crippen LogP contribution in [0.2, 0.25) is 0 Å². The summed E-state index contributed by atoms with van der Waals surface area (Å²) in [6, 6.07) is -0.556. The van der Waals surface area contributed by atoms with E-state index in [0.29, 0.717) is 12.8 Å². The molecule has 0 spiro atoms. The highest BCUT2D eigenvalue weighted by molar-refractivity contribution is 5.82. The second-order valence-corrected chi connectivity index (χ2v) is 5.56. The fraction of sp³-hybridized carbons (Fsp3) is 0.833. The minimum Gasteiger partial charge on any atom is -0.481 e. The number of hydrogen-bond acceptors (Lipinski definition) is 3. The van der Waals surface area contributed by atoms with Gasteiger partial charge in [0.15, 0.2) is 0 Å². The molecule has 1 unspecified atom stereocenters. The molecule has 0 aromatic heterocycles. The predicted molar refractivity (Wildman–Crippen MR) is 66.5 cm³/mol. The number of hydrogen-bond donors (Lipinski definition) is 3. The summed E-state index contributed by atoms with van der Waals surface area (Å²) < 4.78 is 0. The maximum absolute atomic E-state index is 11.4. The Labute approximate surface area is 103 Å². The molecule has 0 aliphatic heterocycles. The molecule has 5 heteroatoms. The van der Waals surface area contributed by atoms with Gasteiger partial charge < -0.3 is 16.2 Å².